The zero-order valence-corrected chi connectivity index (χ0v) is 16.0. The summed E-state index contributed by atoms with van der Waals surface area (Å²) >= 11 is 0. The summed E-state index contributed by atoms with van der Waals surface area (Å²) in [6.07, 6.45) is -4.12. The molecular weight excluding hydrogens is 429 g/mol. The van der Waals surface area contributed by atoms with E-state index in [0.717, 1.165) is 12.1 Å². The van der Waals surface area contributed by atoms with Crippen molar-refractivity contribution in [3.63, 3.8) is 0 Å². The molecule has 13 heteroatoms. The van der Waals surface area contributed by atoms with E-state index in [1.165, 1.54) is 0 Å². The fraction of sp³-hybridized carbons (Fsp3) is 0.353. The van der Waals surface area contributed by atoms with Crippen molar-refractivity contribution in [3.8, 4) is 22.8 Å². The van der Waals surface area contributed by atoms with Gasteiger partial charge in [0.05, 0.1) is 10.8 Å². The number of sulfone groups is 1. The number of H-pyrrole nitrogens is 1. The van der Waals surface area contributed by atoms with Gasteiger partial charge in [-0.15, -0.1) is 5.10 Å². The van der Waals surface area contributed by atoms with Gasteiger partial charge in [0, 0.05) is 10.8 Å². The van der Waals surface area contributed by atoms with Gasteiger partial charge in [-0.05, 0) is 50.1 Å². The molecule has 0 spiro atoms. The molecule has 160 valence electrons. The third-order valence-electron chi connectivity index (χ3n) is 4.28. The molecule has 0 radical (unpaired) electrons. The average Bonchev–Trinajstić information content (AvgIpc) is 3.15. The SMILES string of the molecule is O=C(O)c1nn[nH]c1Oc1ccc(C#CS(=O)(=O)C2CCNCC2)cc1C(F)(F)F. The first-order chi connectivity index (χ1) is 14.1. The van der Waals surface area contributed by atoms with Gasteiger partial charge in [0.15, 0.2) is 0 Å². The number of carboxylic acid groups (broad SMARTS) is 1. The summed E-state index contributed by atoms with van der Waals surface area (Å²) in [7, 11) is -3.80. The van der Waals surface area contributed by atoms with Gasteiger partial charge in [0.2, 0.25) is 15.5 Å². The Morgan fingerprint density at radius 2 is 1.97 bits per heavy atom. The maximum atomic E-state index is 13.5. The summed E-state index contributed by atoms with van der Waals surface area (Å²) in [6.45, 7) is 1.05. The van der Waals surface area contributed by atoms with E-state index >= 15 is 0 Å². The first kappa shape index (κ1) is 21.6. The van der Waals surface area contributed by atoms with E-state index in [2.05, 4.69) is 31.9 Å². The Morgan fingerprint density at radius 3 is 2.60 bits per heavy atom. The Morgan fingerprint density at radius 1 is 1.27 bits per heavy atom. The molecule has 2 aromatic rings. The number of carboxylic acids is 1. The average molecular weight is 444 g/mol. The lowest BCUT2D eigenvalue weighted by Crippen LogP contribution is -2.35. The smallest absolute Gasteiger partial charge is 0.420 e. The van der Waals surface area contributed by atoms with Crippen LogP contribution in [-0.2, 0) is 16.0 Å². The quantitative estimate of drug-likeness (QED) is 0.608. The van der Waals surface area contributed by atoms with Crippen molar-refractivity contribution in [3.05, 3.63) is 35.0 Å². The van der Waals surface area contributed by atoms with Crippen LogP contribution < -0.4 is 10.1 Å². The van der Waals surface area contributed by atoms with E-state index in [-0.39, 0.29) is 5.56 Å². The Labute approximate surface area is 168 Å². The fourth-order valence-electron chi connectivity index (χ4n) is 2.78. The Hall–Kier alpha value is -3.11. The lowest BCUT2D eigenvalue weighted by Gasteiger charge is -2.19. The zero-order chi connectivity index (χ0) is 21.9. The molecular formula is C17H15F3N4O5S. The highest BCUT2D eigenvalue weighted by molar-refractivity contribution is 7.96. The number of ether oxygens (including phenoxy) is 1. The number of piperidine rings is 1. The summed E-state index contributed by atoms with van der Waals surface area (Å²) < 4.78 is 70.0. The van der Waals surface area contributed by atoms with Gasteiger partial charge in [0.1, 0.15) is 5.75 Å². The van der Waals surface area contributed by atoms with Gasteiger partial charge in [-0.1, -0.05) is 5.21 Å². The number of halogens is 3. The summed E-state index contributed by atoms with van der Waals surface area (Å²) in [5, 5.41) is 21.9. The molecule has 30 heavy (non-hydrogen) atoms. The number of benzene rings is 1. The van der Waals surface area contributed by atoms with E-state index < -0.39 is 50.1 Å². The van der Waals surface area contributed by atoms with Crippen molar-refractivity contribution < 1.29 is 36.2 Å². The second kappa shape index (κ2) is 8.33. The molecule has 0 amide bonds. The monoisotopic (exact) mass is 444 g/mol. The van der Waals surface area contributed by atoms with Crippen LogP contribution >= 0.6 is 0 Å². The highest BCUT2D eigenvalue weighted by atomic mass is 32.2. The molecule has 3 rings (SSSR count). The first-order valence-electron chi connectivity index (χ1n) is 8.58. The number of aromatic carboxylic acids is 1. The minimum Gasteiger partial charge on any atom is -0.476 e. The van der Waals surface area contributed by atoms with Crippen LogP contribution in [0.3, 0.4) is 0 Å². The molecule has 3 N–H and O–H groups in total. The van der Waals surface area contributed by atoms with Crippen molar-refractivity contribution >= 4 is 15.8 Å². The van der Waals surface area contributed by atoms with E-state index in [1.807, 2.05) is 0 Å². The van der Waals surface area contributed by atoms with E-state index in [9.17, 15) is 26.4 Å². The largest absolute Gasteiger partial charge is 0.476 e. The number of aromatic nitrogens is 3. The number of nitrogens with zero attached hydrogens (tertiary/aromatic N) is 2. The number of alkyl halides is 3. The van der Waals surface area contributed by atoms with Gasteiger partial charge < -0.3 is 15.2 Å². The molecule has 2 heterocycles. The number of rotatable bonds is 4. The van der Waals surface area contributed by atoms with Crippen LogP contribution in [0.2, 0.25) is 0 Å². The van der Waals surface area contributed by atoms with Crippen LogP contribution in [-0.4, -0.2) is 53.2 Å². The molecule has 1 aromatic heterocycles. The van der Waals surface area contributed by atoms with Crippen molar-refractivity contribution in [1.29, 1.82) is 0 Å². The predicted octanol–water partition coefficient (Wildman–Crippen LogP) is 1.79. The second-order valence-corrected chi connectivity index (χ2v) is 8.29. The van der Waals surface area contributed by atoms with Crippen molar-refractivity contribution in [2.24, 2.45) is 0 Å². The maximum absolute atomic E-state index is 13.5. The number of carbonyl (C=O) groups is 1. The standard InChI is InChI=1S/C17H15F3N4O5S/c18-17(19,20)12-9-10(5-8-30(27,28)11-3-6-21-7-4-11)1-2-13(12)29-15-14(16(25)26)22-24-23-15/h1-2,9,11,21H,3-4,6-7H2,(H,25,26)(H,22,23,24). The van der Waals surface area contributed by atoms with Crippen LogP contribution in [0.5, 0.6) is 11.6 Å². The summed E-state index contributed by atoms with van der Waals surface area (Å²) in [6, 6.07) is 2.68. The number of nitrogens with one attached hydrogen (secondary N) is 2. The van der Waals surface area contributed by atoms with Gasteiger partial charge in [0.25, 0.3) is 5.88 Å². The fourth-order valence-corrected chi connectivity index (χ4v) is 4.06. The third-order valence-corrected chi connectivity index (χ3v) is 6.01. The van der Waals surface area contributed by atoms with Crippen LogP contribution in [0.15, 0.2) is 18.2 Å². The number of aromatic amines is 1. The second-order valence-electron chi connectivity index (χ2n) is 6.33. The third kappa shape index (κ3) is 4.89. The minimum atomic E-state index is -4.88. The normalized spacial score (nSPS) is 15.3. The first-order valence-corrected chi connectivity index (χ1v) is 10.1. The molecule has 1 saturated heterocycles. The summed E-state index contributed by atoms with van der Waals surface area (Å²) in [5.41, 5.74) is -2.15. The Kier molecular flexibility index (Phi) is 5.99. The number of hydrogen-bond acceptors (Lipinski definition) is 7. The van der Waals surface area contributed by atoms with Crippen LogP contribution in [0.25, 0.3) is 0 Å². The lowest BCUT2D eigenvalue weighted by molar-refractivity contribution is -0.138. The van der Waals surface area contributed by atoms with Gasteiger partial charge >= 0.3 is 12.1 Å². The van der Waals surface area contributed by atoms with Crippen molar-refractivity contribution in [1.82, 2.24) is 20.7 Å². The predicted molar refractivity (Wildman–Crippen MR) is 96.5 cm³/mol. The number of hydrogen-bond donors (Lipinski definition) is 3. The van der Waals surface area contributed by atoms with Crippen LogP contribution in [0.1, 0.15) is 34.5 Å². The Bertz CT molecular complexity index is 1110. The zero-order valence-electron chi connectivity index (χ0n) is 15.2. The van der Waals surface area contributed by atoms with Gasteiger partial charge in [-0.2, -0.15) is 13.2 Å². The molecule has 1 aliphatic heterocycles. The Balaban J connectivity index is 1.92. The molecule has 0 atom stereocenters. The maximum Gasteiger partial charge on any atom is 0.420 e. The lowest BCUT2D eigenvalue weighted by atomic mass is 10.1. The van der Waals surface area contributed by atoms with Crippen molar-refractivity contribution in [2.75, 3.05) is 13.1 Å². The van der Waals surface area contributed by atoms with E-state index in [0.29, 0.717) is 32.0 Å². The summed E-state index contributed by atoms with van der Waals surface area (Å²) in [5.74, 6) is -0.576. The molecule has 0 bridgehead atoms. The highest BCUT2D eigenvalue weighted by Crippen LogP contribution is 2.38. The topological polar surface area (TPSA) is 134 Å². The van der Waals surface area contributed by atoms with E-state index in [1.54, 1.807) is 0 Å². The molecule has 1 aromatic carbocycles. The molecule has 0 saturated carbocycles. The van der Waals surface area contributed by atoms with Crippen molar-refractivity contribution in [2.45, 2.75) is 24.3 Å². The van der Waals surface area contributed by atoms with Gasteiger partial charge in [-0.25, -0.2) is 18.3 Å². The summed E-state index contributed by atoms with van der Waals surface area (Å²) in [4.78, 5) is 11.0. The highest BCUT2D eigenvalue weighted by Gasteiger charge is 2.35. The molecule has 1 aliphatic rings. The molecule has 0 aliphatic carbocycles. The van der Waals surface area contributed by atoms with Crippen LogP contribution in [0.4, 0.5) is 13.2 Å². The molecule has 1 fully saturated rings. The minimum absolute atomic E-state index is 0.187. The molecule has 0 unspecified atom stereocenters. The van der Waals surface area contributed by atoms with Crippen LogP contribution in [0, 0.1) is 11.2 Å². The molecule has 9 nitrogen and oxygen atoms in total. The van der Waals surface area contributed by atoms with E-state index in [4.69, 9.17) is 9.84 Å². The van der Waals surface area contributed by atoms with Gasteiger partial charge in [-0.3, -0.25) is 0 Å².